The summed E-state index contributed by atoms with van der Waals surface area (Å²) in [7, 11) is 0.410. The minimum Gasteiger partial charge on any atom is -0.383 e. The molecule has 1 aromatic carbocycles. The quantitative estimate of drug-likeness (QED) is 0.838. The smallest absolute Gasteiger partial charge is 0.206 e. The summed E-state index contributed by atoms with van der Waals surface area (Å²) in [5.74, 6) is 0. The molecule has 0 N–H and O–H groups in total. The van der Waals surface area contributed by atoms with Crippen LogP contribution in [0.5, 0.6) is 0 Å². The van der Waals surface area contributed by atoms with Gasteiger partial charge in [-0.3, -0.25) is 0 Å². The van der Waals surface area contributed by atoms with Crippen LogP contribution in [0.1, 0.15) is 0 Å². The molecule has 0 aromatic heterocycles. The topological polar surface area (TPSA) is 37.4 Å². The van der Waals surface area contributed by atoms with Crippen LogP contribution in [-0.4, -0.2) is 27.4 Å². The molecule has 4 heteroatoms. The number of benzene rings is 1. The van der Waals surface area contributed by atoms with Gasteiger partial charge in [-0.25, -0.2) is 8.42 Å². The number of hydrogen-bond donors (Lipinski definition) is 0. The largest absolute Gasteiger partial charge is 0.383 e. The van der Waals surface area contributed by atoms with Gasteiger partial charge in [-0.2, -0.15) is 0 Å². The van der Waals surface area contributed by atoms with Crippen molar-refractivity contribution < 1.29 is 8.42 Å². The second-order valence-corrected chi connectivity index (χ2v) is 6.24. The first-order valence-corrected chi connectivity index (χ1v) is 7.06. The van der Waals surface area contributed by atoms with Crippen LogP contribution in [0.15, 0.2) is 70.1 Å². The Morgan fingerprint density at radius 3 is 2.33 bits per heavy atom. The molecule has 3 nitrogen and oxygen atoms in total. The predicted octanol–water partition coefficient (Wildman–Crippen LogP) is 2.36. The zero-order valence-electron chi connectivity index (χ0n) is 10.4. The van der Waals surface area contributed by atoms with E-state index in [-0.39, 0.29) is 0 Å². The SMILES string of the molecule is CN(C)/C=C1/C=CC(S(=O)(=O)c2ccccc2)=C1. The predicted molar refractivity (Wildman–Crippen MR) is 72.6 cm³/mol. The van der Waals surface area contributed by atoms with Gasteiger partial charge in [0.05, 0.1) is 9.80 Å². The molecule has 0 aliphatic heterocycles. The molecule has 0 unspecified atom stereocenters. The molecule has 1 aromatic rings. The lowest BCUT2D eigenvalue weighted by molar-refractivity contribution is 0.561. The van der Waals surface area contributed by atoms with Gasteiger partial charge in [0.15, 0.2) is 0 Å². The Labute approximate surface area is 108 Å². The summed E-state index contributed by atoms with van der Waals surface area (Å²) in [5.41, 5.74) is 0.884. The summed E-state index contributed by atoms with van der Waals surface area (Å²) in [5, 5.41) is 0. The summed E-state index contributed by atoms with van der Waals surface area (Å²) in [4.78, 5) is 2.54. The van der Waals surface area contributed by atoms with Crippen LogP contribution in [0.4, 0.5) is 0 Å². The summed E-state index contributed by atoms with van der Waals surface area (Å²) in [6.45, 7) is 0. The lowest BCUT2D eigenvalue weighted by Gasteiger charge is -2.04. The summed E-state index contributed by atoms with van der Waals surface area (Å²) in [6, 6.07) is 8.47. The number of allylic oxidation sites excluding steroid dienone is 4. The summed E-state index contributed by atoms with van der Waals surface area (Å²) >= 11 is 0. The first-order valence-electron chi connectivity index (χ1n) is 5.58. The van der Waals surface area contributed by atoms with Gasteiger partial charge in [-0.15, -0.1) is 0 Å². The average Bonchev–Trinajstić information content (AvgIpc) is 2.78. The Hall–Kier alpha value is -1.81. The minimum absolute atomic E-state index is 0.326. The molecule has 0 amide bonds. The lowest BCUT2D eigenvalue weighted by Crippen LogP contribution is -2.02. The molecule has 0 atom stereocenters. The third-order valence-corrected chi connectivity index (χ3v) is 4.29. The fraction of sp³-hybridized carbons (Fsp3) is 0.143. The number of hydrogen-bond acceptors (Lipinski definition) is 3. The monoisotopic (exact) mass is 261 g/mol. The Bertz CT molecular complexity index is 623. The van der Waals surface area contributed by atoms with Crippen molar-refractivity contribution in [2.45, 2.75) is 4.90 Å². The maximum atomic E-state index is 12.3. The second-order valence-electron chi connectivity index (χ2n) is 4.29. The van der Waals surface area contributed by atoms with Gasteiger partial charge in [-0.1, -0.05) is 24.3 Å². The highest BCUT2D eigenvalue weighted by atomic mass is 32.2. The van der Waals surface area contributed by atoms with Crippen molar-refractivity contribution in [1.29, 1.82) is 0 Å². The van der Waals surface area contributed by atoms with Gasteiger partial charge in [0.1, 0.15) is 0 Å². The summed E-state index contributed by atoms with van der Waals surface area (Å²) in [6.07, 6.45) is 7.00. The molecule has 0 saturated heterocycles. The summed E-state index contributed by atoms with van der Waals surface area (Å²) < 4.78 is 24.6. The third kappa shape index (κ3) is 2.54. The van der Waals surface area contributed by atoms with E-state index in [2.05, 4.69) is 0 Å². The van der Waals surface area contributed by atoms with Crippen LogP contribution in [0.2, 0.25) is 0 Å². The van der Waals surface area contributed by atoms with Crippen LogP contribution in [0, 0.1) is 0 Å². The molecule has 1 aliphatic carbocycles. The van der Waals surface area contributed by atoms with Crippen LogP contribution < -0.4 is 0 Å². The van der Waals surface area contributed by atoms with Gasteiger partial charge >= 0.3 is 0 Å². The van der Waals surface area contributed by atoms with Gasteiger partial charge in [-0.05, 0) is 29.9 Å². The van der Waals surface area contributed by atoms with Gasteiger partial charge < -0.3 is 4.90 Å². The van der Waals surface area contributed by atoms with E-state index in [1.54, 1.807) is 48.6 Å². The number of sulfone groups is 1. The normalized spacial score (nSPS) is 17.0. The maximum Gasteiger partial charge on any atom is 0.206 e. The minimum atomic E-state index is -3.39. The van der Waals surface area contributed by atoms with Crippen molar-refractivity contribution in [3.63, 3.8) is 0 Å². The second kappa shape index (κ2) is 4.82. The van der Waals surface area contributed by atoms with E-state index >= 15 is 0 Å². The van der Waals surface area contributed by atoms with Crippen molar-refractivity contribution in [1.82, 2.24) is 4.90 Å². The van der Waals surface area contributed by atoms with Gasteiger partial charge in [0.2, 0.25) is 9.84 Å². The van der Waals surface area contributed by atoms with Crippen LogP contribution >= 0.6 is 0 Å². The highest BCUT2D eigenvalue weighted by Crippen LogP contribution is 2.26. The standard InChI is InChI=1S/C14H15NO2S/c1-15(2)11-12-8-9-14(10-12)18(16,17)13-6-4-3-5-7-13/h3-11H,1-2H3/b12-11-. The number of rotatable bonds is 3. The van der Waals surface area contributed by atoms with E-state index in [0.29, 0.717) is 9.80 Å². The molecule has 0 bridgehead atoms. The molecule has 18 heavy (non-hydrogen) atoms. The maximum absolute atomic E-state index is 12.3. The molecule has 0 fully saturated rings. The van der Waals surface area contributed by atoms with Crippen LogP contribution in [-0.2, 0) is 9.84 Å². The van der Waals surface area contributed by atoms with Crippen molar-refractivity contribution in [3.05, 3.63) is 65.2 Å². The highest BCUT2D eigenvalue weighted by Gasteiger charge is 2.20. The average molecular weight is 261 g/mol. The van der Waals surface area contributed by atoms with E-state index in [4.69, 9.17) is 0 Å². The highest BCUT2D eigenvalue weighted by molar-refractivity contribution is 7.95. The Morgan fingerprint density at radius 2 is 1.72 bits per heavy atom. The molecule has 0 heterocycles. The number of nitrogens with zero attached hydrogens (tertiary/aromatic N) is 1. The van der Waals surface area contributed by atoms with E-state index in [9.17, 15) is 8.42 Å². The fourth-order valence-corrected chi connectivity index (χ4v) is 3.05. The lowest BCUT2D eigenvalue weighted by atomic mass is 10.3. The van der Waals surface area contributed by atoms with Crippen LogP contribution in [0.3, 0.4) is 0 Å². The zero-order valence-corrected chi connectivity index (χ0v) is 11.2. The Balaban J connectivity index is 2.38. The van der Waals surface area contributed by atoms with Crippen LogP contribution in [0.25, 0.3) is 0 Å². The molecule has 0 radical (unpaired) electrons. The van der Waals surface area contributed by atoms with Gasteiger partial charge in [0.25, 0.3) is 0 Å². The fourth-order valence-electron chi connectivity index (χ4n) is 1.72. The first-order chi connectivity index (χ1) is 8.50. The molecular weight excluding hydrogens is 246 g/mol. The molecule has 1 aliphatic rings. The molecule has 94 valence electrons. The van der Waals surface area contributed by atoms with E-state index in [1.165, 1.54) is 0 Å². The third-order valence-electron chi connectivity index (χ3n) is 2.52. The van der Waals surface area contributed by atoms with E-state index < -0.39 is 9.84 Å². The zero-order chi connectivity index (χ0) is 13.2. The molecular formula is C14H15NO2S. The van der Waals surface area contributed by atoms with Crippen molar-refractivity contribution in [3.8, 4) is 0 Å². The van der Waals surface area contributed by atoms with Gasteiger partial charge in [0, 0.05) is 20.3 Å². The molecule has 0 saturated carbocycles. The van der Waals surface area contributed by atoms with Crippen molar-refractivity contribution in [2.75, 3.05) is 14.1 Å². The van der Waals surface area contributed by atoms with Crippen molar-refractivity contribution >= 4 is 9.84 Å². The molecule has 2 rings (SSSR count). The Kier molecular flexibility index (Phi) is 3.39. The first kappa shape index (κ1) is 12.6. The Morgan fingerprint density at radius 1 is 1.06 bits per heavy atom. The van der Waals surface area contributed by atoms with Crippen molar-refractivity contribution in [2.24, 2.45) is 0 Å². The van der Waals surface area contributed by atoms with E-state index in [1.807, 2.05) is 25.2 Å². The van der Waals surface area contributed by atoms with E-state index in [0.717, 1.165) is 5.57 Å². The molecule has 0 spiro atoms.